The van der Waals surface area contributed by atoms with Gasteiger partial charge in [-0.2, -0.15) is 0 Å². The van der Waals surface area contributed by atoms with Crippen molar-refractivity contribution in [1.82, 2.24) is 4.98 Å². The van der Waals surface area contributed by atoms with Gasteiger partial charge in [0.25, 0.3) is 0 Å². The number of pyridine rings is 1. The number of hydrogen-bond acceptors (Lipinski definition) is 4. The van der Waals surface area contributed by atoms with Crippen LogP contribution in [0.2, 0.25) is 0 Å². The van der Waals surface area contributed by atoms with E-state index in [0.717, 1.165) is 0 Å². The monoisotopic (exact) mass is 195 g/mol. The van der Waals surface area contributed by atoms with E-state index in [1.54, 1.807) is 0 Å². The highest BCUT2D eigenvalue weighted by Gasteiger charge is 2.14. The number of hydrogen-bond donors (Lipinski definition) is 1. The lowest BCUT2D eigenvalue weighted by atomic mass is 10.2. The highest BCUT2D eigenvalue weighted by atomic mass is 16.5. The van der Waals surface area contributed by atoms with Crippen molar-refractivity contribution in [3.8, 4) is 5.75 Å². The normalized spacial score (nSPS) is 9.57. The molecule has 0 aliphatic carbocycles. The molecule has 0 aliphatic heterocycles. The molecule has 0 fully saturated rings. The minimum atomic E-state index is -1.22. The van der Waals surface area contributed by atoms with Crippen molar-refractivity contribution >= 4 is 11.8 Å². The molecule has 0 saturated carbocycles. The largest absolute Gasteiger partial charge is 0.494 e. The number of ketones is 1. The second kappa shape index (κ2) is 3.87. The molecule has 5 nitrogen and oxygen atoms in total. The first-order chi connectivity index (χ1) is 6.56. The van der Waals surface area contributed by atoms with E-state index in [2.05, 4.69) is 4.98 Å². The summed E-state index contributed by atoms with van der Waals surface area (Å²) in [6.07, 6.45) is 0. The Balaban J connectivity index is 3.27. The lowest BCUT2D eigenvalue weighted by molar-refractivity contribution is 0.0686. The fourth-order valence-electron chi connectivity index (χ4n) is 0.960. The van der Waals surface area contributed by atoms with Crippen LogP contribution >= 0.6 is 0 Å². The number of carboxylic acid groups (broad SMARTS) is 1. The van der Waals surface area contributed by atoms with Gasteiger partial charge in [-0.3, -0.25) is 4.79 Å². The molecule has 0 saturated heterocycles. The third kappa shape index (κ3) is 1.87. The Bertz CT molecular complexity index is 386. The molecule has 1 aromatic heterocycles. The molecule has 0 atom stereocenters. The number of aromatic carboxylic acids is 1. The Hall–Kier alpha value is -1.91. The zero-order chi connectivity index (χ0) is 10.7. The topological polar surface area (TPSA) is 76.5 Å². The predicted octanol–water partition coefficient (Wildman–Crippen LogP) is 0.991. The number of carbonyl (C=O) groups is 2. The van der Waals surface area contributed by atoms with Crippen molar-refractivity contribution in [2.24, 2.45) is 0 Å². The van der Waals surface area contributed by atoms with Gasteiger partial charge >= 0.3 is 5.97 Å². The van der Waals surface area contributed by atoms with E-state index in [1.165, 1.54) is 26.2 Å². The molecule has 1 heterocycles. The number of Topliss-reactive ketones (excluding diaryl/α,β-unsaturated/α-hetero) is 1. The van der Waals surface area contributed by atoms with Crippen LogP contribution in [0.1, 0.15) is 27.9 Å². The Morgan fingerprint density at radius 2 is 2.07 bits per heavy atom. The van der Waals surface area contributed by atoms with E-state index in [4.69, 9.17) is 9.84 Å². The molecule has 0 bridgehead atoms. The summed E-state index contributed by atoms with van der Waals surface area (Å²) < 4.78 is 4.79. The molecule has 0 unspecified atom stereocenters. The minimum Gasteiger partial charge on any atom is -0.494 e. The summed E-state index contributed by atoms with van der Waals surface area (Å²) in [5.41, 5.74) is -0.136. The standard InChI is InChI=1S/C9H9NO4/c1-5(11)6-3-4-7(14-2)8(10-6)9(12)13/h3-4H,1-2H3,(H,12,13). The first-order valence-corrected chi connectivity index (χ1v) is 3.85. The number of aromatic nitrogens is 1. The summed E-state index contributed by atoms with van der Waals surface area (Å²) in [6.45, 7) is 1.32. The van der Waals surface area contributed by atoms with E-state index in [-0.39, 0.29) is 22.9 Å². The third-order valence-electron chi connectivity index (χ3n) is 1.64. The number of carbonyl (C=O) groups excluding carboxylic acids is 1. The first kappa shape index (κ1) is 10.2. The Morgan fingerprint density at radius 3 is 2.50 bits per heavy atom. The molecule has 0 radical (unpaired) electrons. The van der Waals surface area contributed by atoms with Crippen LogP contribution in [-0.2, 0) is 0 Å². The van der Waals surface area contributed by atoms with E-state index >= 15 is 0 Å². The number of nitrogens with zero attached hydrogens (tertiary/aromatic N) is 1. The van der Waals surface area contributed by atoms with Gasteiger partial charge in [0.05, 0.1) is 7.11 Å². The molecule has 0 aromatic carbocycles. The van der Waals surface area contributed by atoms with E-state index in [1.807, 2.05) is 0 Å². The van der Waals surface area contributed by atoms with Crippen LogP contribution in [0, 0.1) is 0 Å². The molecule has 0 amide bonds. The number of carboxylic acids is 1. The van der Waals surface area contributed by atoms with Crippen LogP contribution in [0.5, 0.6) is 5.75 Å². The van der Waals surface area contributed by atoms with Crippen molar-refractivity contribution in [2.75, 3.05) is 7.11 Å². The van der Waals surface area contributed by atoms with Gasteiger partial charge in [0.15, 0.2) is 17.2 Å². The van der Waals surface area contributed by atoms with Crippen LogP contribution in [0.4, 0.5) is 0 Å². The predicted molar refractivity (Wildman–Crippen MR) is 47.8 cm³/mol. The second-order valence-electron chi connectivity index (χ2n) is 2.61. The molecule has 1 rings (SSSR count). The van der Waals surface area contributed by atoms with Crippen LogP contribution < -0.4 is 4.74 Å². The Labute approximate surface area is 80.3 Å². The lowest BCUT2D eigenvalue weighted by Gasteiger charge is -2.04. The minimum absolute atomic E-state index is 0.114. The van der Waals surface area contributed by atoms with Crippen LogP contribution in [0.15, 0.2) is 12.1 Å². The summed E-state index contributed by atoms with van der Waals surface area (Å²) in [5, 5.41) is 8.75. The Kier molecular flexibility index (Phi) is 2.81. The summed E-state index contributed by atoms with van der Waals surface area (Å²) in [6, 6.07) is 2.83. The molecular weight excluding hydrogens is 186 g/mol. The van der Waals surface area contributed by atoms with Gasteiger partial charge in [-0.15, -0.1) is 0 Å². The van der Waals surface area contributed by atoms with Gasteiger partial charge in [-0.25, -0.2) is 9.78 Å². The number of rotatable bonds is 3. The smallest absolute Gasteiger partial charge is 0.358 e. The maximum Gasteiger partial charge on any atom is 0.358 e. The maximum absolute atomic E-state index is 10.9. The quantitative estimate of drug-likeness (QED) is 0.728. The lowest BCUT2D eigenvalue weighted by Crippen LogP contribution is -2.07. The van der Waals surface area contributed by atoms with Crippen LogP contribution in [0.3, 0.4) is 0 Å². The van der Waals surface area contributed by atoms with E-state index in [9.17, 15) is 9.59 Å². The summed E-state index contributed by atoms with van der Waals surface area (Å²) in [4.78, 5) is 25.3. The Morgan fingerprint density at radius 1 is 1.43 bits per heavy atom. The van der Waals surface area contributed by atoms with Gasteiger partial charge in [0.1, 0.15) is 5.69 Å². The van der Waals surface area contributed by atoms with Crippen LogP contribution in [0.25, 0.3) is 0 Å². The van der Waals surface area contributed by atoms with Crippen molar-refractivity contribution in [2.45, 2.75) is 6.92 Å². The fourth-order valence-corrected chi connectivity index (χ4v) is 0.960. The molecule has 1 N–H and O–H groups in total. The molecular formula is C9H9NO4. The molecule has 0 spiro atoms. The van der Waals surface area contributed by atoms with Crippen molar-refractivity contribution in [3.05, 3.63) is 23.5 Å². The molecule has 1 aromatic rings. The first-order valence-electron chi connectivity index (χ1n) is 3.85. The van der Waals surface area contributed by atoms with Gasteiger partial charge < -0.3 is 9.84 Å². The summed E-state index contributed by atoms with van der Waals surface area (Å²) in [5.74, 6) is -1.36. The van der Waals surface area contributed by atoms with Crippen molar-refractivity contribution < 1.29 is 19.4 Å². The van der Waals surface area contributed by atoms with Crippen molar-refractivity contribution in [1.29, 1.82) is 0 Å². The zero-order valence-corrected chi connectivity index (χ0v) is 7.77. The van der Waals surface area contributed by atoms with E-state index < -0.39 is 5.97 Å². The van der Waals surface area contributed by atoms with Gasteiger partial charge in [-0.05, 0) is 12.1 Å². The van der Waals surface area contributed by atoms with Gasteiger partial charge in [0.2, 0.25) is 0 Å². The molecule has 14 heavy (non-hydrogen) atoms. The van der Waals surface area contributed by atoms with Crippen LogP contribution in [-0.4, -0.2) is 29.0 Å². The average Bonchev–Trinajstić information content (AvgIpc) is 2.16. The molecule has 0 aliphatic rings. The van der Waals surface area contributed by atoms with Gasteiger partial charge in [0, 0.05) is 6.92 Å². The van der Waals surface area contributed by atoms with Gasteiger partial charge in [-0.1, -0.05) is 0 Å². The highest BCUT2D eigenvalue weighted by Crippen LogP contribution is 2.16. The average molecular weight is 195 g/mol. The number of methoxy groups -OCH3 is 1. The summed E-state index contributed by atoms with van der Waals surface area (Å²) >= 11 is 0. The SMILES string of the molecule is COc1ccc(C(C)=O)nc1C(=O)O. The van der Waals surface area contributed by atoms with E-state index in [0.29, 0.717) is 0 Å². The maximum atomic E-state index is 10.9. The third-order valence-corrected chi connectivity index (χ3v) is 1.64. The fraction of sp³-hybridized carbons (Fsp3) is 0.222. The highest BCUT2D eigenvalue weighted by molar-refractivity contribution is 5.95. The number of ether oxygens (including phenoxy) is 1. The molecule has 74 valence electrons. The second-order valence-corrected chi connectivity index (χ2v) is 2.61. The van der Waals surface area contributed by atoms with Crippen molar-refractivity contribution in [3.63, 3.8) is 0 Å². The zero-order valence-electron chi connectivity index (χ0n) is 7.77. The molecule has 5 heteroatoms. The summed E-state index contributed by atoms with van der Waals surface area (Å²) in [7, 11) is 1.34.